The largest absolute Gasteiger partial charge is 0.497 e. The summed E-state index contributed by atoms with van der Waals surface area (Å²) in [5, 5.41) is 9.17. The lowest BCUT2D eigenvalue weighted by Gasteiger charge is -2.39. The maximum atomic E-state index is 14.1. The number of sulfonamides is 2. The summed E-state index contributed by atoms with van der Waals surface area (Å²) in [5.41, 5.74) is 0.668. The van der Waals surface area contributed by atoms with E-state index in [1.54, 1.807) is 42.6 Å². The van der Waals surface area contributed by atoms with Crippen LogP contribution in [0.3, 0.4) is 0 Å². The molecule has 11 nitrogen and oxygen atoms in total. The van der Waals surface area contributed by atoms with Crippen molar-refractivity contribution in [1.82, 2.24) is 14.0 Å². The average Bonchev–Trinajstić information content (AvgIpc) is 3.43. The smallest absolute Gasteiger partial charge is 0.322 e. The molecule has 2 aliphatic heterocycles. The number of methoxy groups -OCH3 is 1. The van der Waals surface area contributed by atoms with Gasteiger partial charge in [-0.05, 0) is 112 Å². The first-order chi connectivity index (χ1) is 23.3. The number of piperidine rings is 2. The Kier molecular flexibility index (Phi) is 13.1. The van der Waals surface area contributed by atoms with Crippen LogP contribution in [0.4, 0.5) is 5.82 Å². The van der Waals surface area contributed by atoms with Crippen LogP contribution in [0.15, 0.2) is 61.8 Å². The van der Waals surface area contributed by atoms with Crippen molar-refractivity contribution in [3.63, 3.8) is 0 Å². The van der Waals surface area contributed by atoms with Crippen molar-refractivity contribution in [2.75, 3.05) is 38.2 Å². The average molecular weight is 883 g/mol. The first-order valence-electron chi connectivity index (χ1n) is 16.0. The van der Waals surface area contributed by atoms with Gasteiger partial charge in [-0.15, -0.1) is 11.3 Å². The number of carboxylic acid groups (broad SMARTS) is 1. The minimum absolute atomic E-state index is 0.0172. The Morgan fingerprint density at radius 3 is 2.41 bits per heavy atom. The molecule has 3 aromatic rings. The van der Waals surface area contributed by atoms with Crippen LogP contribution in [0.1, 0.15) is 44.1 Å². The van der Waals surface area contributed by atoms with Gasteiger partial charge in [0.25, 0.3) is 10.0 Å². The van der Waals surface area contributed by atoms with Crippen molar-refractivity contribution in [3.8, 4) is 5.75 Å². The van der Waals surface area contributed by atoms with Crippen LogP contribution in [-0.2, 0) is 31.3 Å². The van der Waals surface area contributed by atoms with Crippen molar-refractivity contribution < 1.29 is 31.5 Å². The molecule has 2 saturated heterocycles. The molecule has 2 fully saturated rings. The molecule has 0 radical (unpaired) electrons. The summed E-state index contributed by atoms with van der Waals surface area (Å²) in [6.07, 6.45) is 5.97. The topological polar surface area (TPSA) is 146 Å². The monoisotopic (exact) mass is 880 g/mol. The van der Waals surface area contributed by atoms with Crippen LogP contribution in [0, 0.1) is 11.8 Å². The zero-order chi connectivity index (χ0) is 35.3. The van der Waals surface area contributed by atoms with Crippen LogP contribution in [0.2, 0.25) is 4.34 Å². The number of aliphatic carboxylic acids is 1. The molecule has 3 unspecified atom stereocenters. The van der Waals surface area contributed by atoms with Crippen molar-refractivity contribution in [2.45, 2.75) is 60.4 Å². The third kappa shape index (κ3) is 9.56. The minimum Gasteiger partial charge on any atom is -0.497 e. The van der Waals surface area contributed by atoms with E-state index in [2.05, 4.69) is 41.6 Å². The molecule has 2 aromatic heterocycles. The first kappa shape index (κ1) is 38.4. The highest BCUT2D eigenvalue weighted by Crippen LogP contribution is 2.38. The van der Waals surface area contributed by atoms with Gasteiger partial charge in [0.1, 0.15) is 26.2 Å². The van der Waals surface area contributed by atoms with Crippen molar-refractivity contribution in [3.05, 3.63) is 67.5 Å². The van der Waals surface area contributed by atoms with Crippen molar-refractivity contribution in [1.29, 1.82) is 0 Å². The van der Waals surface area contributed by atoms with E-state index >= 15 is 0 Å². The summed E-state index contributed by atoms with van der Waals surface area (Å²) in [6, 6.07) is 10.7. The Morgan fingerprint density at radius 2 is 1.80 bits per heavy atom. The van der Waals surface area contributed by atoms with Crippen molar-refractivity contribution >= 4 is 86.6 Å². The highest BCUT2D eigenvalue weighted by atomic mass is 79.9. The number of nitrogens with zero attached hydrogens (tertiary/aromatic N) is 3. The van der Waals surface area contributed by atoms with Gasteiger partial charge in [-0.1, -0.05) is 36.6 Å². The van der Waals surface area contributed by atoms with E-state index in [-0.39, 0.29) is 23.1 Å². The normalized spacial score (nSPS) is 20.3. The van der Waals surface area contributed by atoms with Crippen LogP contribution in [-0.4, -0.2) is 81.8 Å². The highest BCUT2D eigenvalue weighted by Gasteiger charge is 2.41. The Morgan fingerprint density at radius 1 is 1.08 bits per heavy atom. The maximum Gasteiger partial charge on any atom is 0.322 e. The summed E-state index contributed by atoms with van der Waals surface area (Å²) >= 11 is 14.0. The molecule has 5 rings (SSSR count). The van der Waals surface area contributed by atoms with E-state index in [0.29, 0.717) is 64.3 Å². The molecule has 0 aliphatic carbocycles. The molecule has 17 heteroatoms. The SMILES string of the molecule is COc1ccc(CC(NS(=O)(=O)C2CN(c3ncccc3Br)CCC2CCCC2CCN(S(=O)(=O)c3cc(Br)c(Cl)s3)CC2)C(=O)O)cc1. The highest BCUT2D eigenvalue weighted by molar-refractivity contribution is 9.11. The molecule has 1 aromatic carbocycles. The summed E-state index contributed by atoms with van der Waals surface area (Å²) in [4.78, 5) is 18.7. The fourth-order valence-electron chi connectivity index (χ4n) is 6.60. The predicted molar refractivity (Wildman–Crippen MR) is 199 cm³/mol. The fourth-order valence-corrected chi connectivity index (χ4v) is 12.9. The zero-order valence-electron chi connectivity index (χ0n) is 26.8. The molecule has 0 bridgehead atoms. The van der Waals surface area contributed by atoms with Gasteiger partial charge in [-0.3, -0.25) is 4.79 Å². The molecule has 2 aliphatic rings. The van der Waals surface area contributed by atoms with Gasteiger partial charge in [0, 0.05) is 36.8 Å². The van der Waals surface area contributed by atoms with Crippen LogP contribution in [0.5, 0.6) is 5.75 Å². The third-order valence-corrected chi connectivity index (χ3v) is 16.7. The molecule has 0 saturated carbocycles. The van der Waals surface area contributed by atoms with E-state index in [1.165, 1.54) is 11.4 Å². The lowest BCUT2D eigenvalue weighted by atomic mass is 9.87. The number of halogens is 3. The molecule has 4 heterocycles. The van der Waals surface area contributed by atoms with E-state index in [1.807, 2.05) is 11.0 Å². The van der Waals surface area contributed by atoms with Gasteiger partial charge in [0.2, 0.25) is 10.0 Å². The quantitative estimate of drug-likeness (QED) is 0.188. The number of aromatic nitrogens is 1. The number of benzene rings is 1. The lowest BCUT2D eigenvalue weighted by molar-refractivity contribution is -0.138. The zero-order valence-corrected chi connectivity index (χ0v) is 33.2. The molecule has 0 spiro atoms. The standard InChI is InChI=1S/C32H39Br2ClN4O7S3/c1-46-24-9-7-22(8-10-24)18-27(32(40)41)37-48(42,43)28-20-38(31-25(33)6-3-14-36-31)15-13-23(28)5-2-4-21-11-16-39(17-12-21)49(44,45)29-19-26(34)30(35)47-29/h3,6-10,14,19,21,23,27-28,37H,2,4-5,11-13,15-18,20H2,1H3,(H,40,41). The molecule has 0 amide bonds. The van der Waals surface area contributed by atoms with Crippen molar-refractivity contribution in [2.24, 2.45) is 11.8 Å². The van der Waals surface area contributed by atoms with E-state index in [9.17, 15) is 26.7 Å². The molecule has 3 atom stereocenters. The van der Waals surface area contributed by atoms with Gasteiger partial charge >= 0.3 is 5.97 Å². The number of pyridine rings is 1. The van der Waals surface area contributed by atoms with Crippen LogP contribution >= 0.6 is 54.8 Å². The van der Waals surface area contributed by atoms with Gasteiger partial charge in [0.05, 0.1) is 16.8 Å². The summed E-state index contributed by atoms with van der Waals surface area (Å²) < 4.78 is 65.6. The Hall–Kier alpha value is -1.79. The number of carbonyl (C=O) groups is 1. The Balaban J connectivity index is 1.24. The fraction of sp³-hybridized carbons (Fsp3) is 0.500. The van der Waals surface area contributed by atoms with E-state index in [0.717, 1.165) is 41.5 Å². The minimum atomic E-state index is -4.10. The summed E-state index contributed by atoms with van der Waals surface area (Å²) in [7, 11) is -6.17. The van der Waals surface area contributed by atoms with Gasteiger partial charge in [-0.25, -0.2) is 26.5 Å². The molecule has 268 valence electrons. The third-order valence-electron chi connectivity index (χ3n) is 9.31. The van der Waals surface area contributed by atoms with Gasteiger partial charge < -0.3 is 14.7 Å². The molecule has 2 N–H and O–H groups in total. The predicted octanol–water partition coefficient (Wildman–Crippen LogP) is 6.41. The Labute approximate surface area is 313 Å². The number of hydrogen-bond donors (Lipinski definition) is 2. The summed E-state index contributed by atoms with van der Waals surface area (Å²) in [6.45, 7) is 1.62. The van der Waals surface area contributed by atoms with Crippen LogP contribution in [0.25, 0.3) is 0 Å². The second-order valence-corrected chi connectivity index (χ2v) is 19.9. The second kappa shape index (κ2) is 16.7. The molecule has 49 heavy (non-hydrogen) atoms. The number of hydrogen-bond acceptors (Lipinski definition) is 9. The number of anilines is 1. The number of carboxylic acids is 1. The Bertz CT molecular complexity index is 1800. The number of rotatable bonds is 14. The summed E-state index contributed by atoms with van der Waals surface area (Å²) in [5.74, 6) is 0.139. The maximum absolute atomic E-state index is 14.1. The number of ether oxygens (including phenoxy) is 1. The van der Waals surface area contributed by atoms with Crippen LogP contribution < -0.4 is 14.4 Å². The van der Waals surface area contributed by atoms with E-state index < -0.39 is 37.3 Å². The van der Waals surface area contributed by atoms with E-state index in [4.69, 9.17) is 16.3 Å². The number of nitrogens with one attached hydrogen (secondary N) is 1. The molecular weight excluding hydrogens is 844 g/mol. The number of thiophene rings is 1. The second-order valence-electron chi connectivity index (χ2n) is 12.4. The molecular formula is C32H39Br2ClN4O7S3. The van der Waals surface area contributed by atoms with Gasteiger partial charge in [0.15, 0.2) is 0 Å². The first-order valence-corrected chi connectivity index (χ1v) is 21.7. The lowest BCUT2D eigenvalue weighted by Crippen LogP contribution is -2.54. The van der Waals surface area contributed by atoms with Gasteiger partial charge in [-0.2, -0.15) is 4.31 Å².